The summed E-state index contributed by atoms with van der Waals surface area (Å²) in [7, 11) is 1.76. The van der Waals surface area contributed by atoms with Crippen molar-refractivity contribution in [1.29, 1.82) is 0 Å². The van der Waals surface area contributed by atoms with E-state index in [1.54, 1.807) is 54.4 Å². The maximum Gasteiger partial charge on any atom is 0.257 e. The Hall–Kier alpha value is -3.88. The molecule has 0 aromatic heterocycles. The van der Waals surface area contributed by atoms with E-state index < -0.39 is 0 Å². The third kappa shape index (κ3) is 5.94. The number of nitrogens with one attached hydrogen (secondary N) is 2. The highest BCUT2D eigenvalue weighted by Crippen LogP contribution is 2.33. The van der Waals surface area contributed by atoms with Crippen LogP contribution in [0.15, 0.2) is 66.7 Å². The zero-order valence-electron chi connectivity index (χ0n) is 22.8. The second-order valence-corrected chi connectivity index (χ2v) is 11.4. The molecule has 2 aliphatic heterocycles. The van der Waals surface area contributed by atoms with E-state index >= 15 is 0 Å². The summed E-state index contributed by atoms with van der Waals surface area (Å²) < 4.78 is 12.4. The first-order valence-electron chi connectivity index (χ1n) is 14.0. The van der Waals surface area contributed by atoms with Gasteiger partial charge in [-0.3, -0.25) is 14.4 Å². The van der Waals surface area contributed by atoms with Crippen LogP contribution in [-0.2, 0) is 22.4 Å². The summed E-state index contributed by atoms with van der Waals surface area (Å²) in [5, 5.41) is 6.47. The molecule has 0 spiro atoms. The molecule has 3 aromatic carbocycles. The molecule has 3 atom stereocenters. The Morgan fingerprint density at radius 1 is 1.00 bits per heavy atom. The molecule has 0 radical (unpaired) electrons. The molecule has 3 aliphatic rings. The Morgan fingerprint density at radius 3 is 2.54 bits per heavy atom. The number of hydrogen-bond acceptors (Lipinski definition) is 5. The average Bonchev–Trinajstić information content (AvgIpc) is 3.37. The molecule has 1 aliphatic carbocycles. The SMILES string of the molecule is CN1C(=O)c2cc(NC(=O)c3cccc(Cl)c3)ccc2OC[C@@H]2O[C@H](CC(=O)NC3Cc4ccccc4C3)CC[C@@H]21. The Morgan fingerprint density at radius 2 is 1.78 bits per heavy atom. The normalized spacial score (nSPS) is 22.0. The molecule has 0 unspecified atom stereocenters. The van der Waals surface area contributed by atoms with Crippen LogP contribution in [0.2, 0.25) is 5.02 Å². The molecule has 0 saturated carbocycles. The van der Waals surface area contributed by atoms with Crippen LogP contribution in [0.3, 0.4) is 0 Å². The summed E-state index contributed by atoms with van der Waals surface area (Å²) in [6, 6.07) is 19.9. The zero-order chi connectivity index (χ0) is 28.5. The molecule has 8 nitrogen and oxygen atoms in total. The van der Waals surface area contributed by atoms with Gasteiger partial charge in [0.2, 0.25) is 5.91 Å². The molecule has 9 heteroatoms. The van der Waals surface area contributed by atoms with Crippen molar-refractivity contribution in [1.82, 2.24) is 10.2 Å². The number of rotatable bonds is 5. The molecule has 1 fully saturated rings. The number of benzene rings is 3. The summed E-state index contributed by atoms with van der Waals surface area (Å²) in [4.78, 5) is 40.8. The minimum atomic E-state index is -0.360. The van der Waals surface area contributed by atoms with Crippen molar-refractivity contribution >= 4 is 35.0 Å². The number of carbonyl (C=O) groups is 3. The van der Waals surface area contributed by atoms with Crippen LogP contribution < -0.4 is 15.4 Å². The fourth-order valence-corrected chi connectivity index (χ4v) is 6.28. The van der Waals surface area contributed by atoms with Gasteiger partial charge in [-0.1, -0.05) is 41.9 Å². The van der Waals surface area contributed by atoms with Crippen LogP contribution in [-0.4, -0.2) is 60.6 Å². The summed E-state index contributed by atoms with van der Waals surface area (Å²) in [5.41, 5.74) is 3.86. The molecule has 2 heterocycles. The first kappa shape index (κ1) is 27.3. The van der Waals surface area contributed by atoms with Crippen molar-refractivity contribution in [2.24, 2.45) is 0 Å². The third-order valence-electron chi connectivity index (χ3n) is 8.19. The quantitative estimate of drug-likeness (QED) is 0.463. The Balaban J connectivity index is 1.08. The van der Waals surface area contributed by atoms with Gasteiger partial charge in [-0.2, -0.15) is 0 Å². The summed E-state index contributed by atoms with van der Waals surface area (Å²) in [6.45, 7) is 0.250. The fraction of sp³-hybridized carbons (Fsp3) is 0.344. The number of nitrogens with zero attached hydrogens (tertiary/aromatic N) is 1. The minimum absolute atomic E-state index is 0.0138. The lowest BCUT2D eigenvalue weighted by molar-refractivity contribution is -0.134. The van der Waals surface area contributed by atoms with Gasteiger partial charge >= 0.3 is 0 Å². The molecule has 212 valence electrons. The standard InChI is InChI=1S/C32H32ClN3O5/c1-36-27-11-10-25(17-30(37)34-24-14-19-5-2-3-6-20(19)15-24)41-29(27)18-40-28-12-9-23(16-26(28)32(36)39)35-31(38)21-7-4-8-22(33)13-21/h2-9,12-13,16,24-25,27,29H,10-11,14-15,17-18H2,1H3,(H,34,37)(H,35,38)/t25-,27-,29-/m0/s1. The summed E-state index contributed by atoms with van der Waals surface area (Å²) in [6.07, 6.45) is 2.74. The maximum atomic E-state index is 13.5. The van der Waals surface area contributed by atoms with Crippen molar-refractivity contribution < 1.29 is 23.9 Å². The van der Waals surface area contributed by atoms with E-state index in [0.717, 1.165) is 12.8 Å². The molecule has 2 N–H and O–H groups in total. The minimum Gasteiger partial charge on any atom is -0.490 e. The van der Waals surface area contributed by atoms with Gasteiger partial charge in [0, 0.05) is 29.4 Å². The van der Waals surface area contributed by atoms with Crippen LogP contribution in [0.25, 0.3) is 0 Å². The second kappa shape index (κ2) is 11.5. The van der Waals surface area contributed by atoms with E-state index in [0.29, 0.717) is 40.4 Å². The van der Waals surface area contributed by atoms with Crippen LogP contribution in [0.1, 0.15) is 51.1 Å². The van der Waals surface area contributed by atoms with Gasteiger partial charge < -0.3 is 25.0 Å². The molecular weight excluding hydrogens is 542 g/mol. The Kier molecular flexibility index (Phi) is 7.69. The monoisotopic (exact) mass is 573 g/mol. The van der Waals surface area contributed by atoms with Gasteiger partial charge in [0.25, 0.3) is 11.8 Å². The molecule has 1 saturated heterocycles. The second-order valence-electron chi connectivity index (χ2n) is 11.0. The molecule has 6 rings (SSSR count). The van der Waals surface area contributed by atoms with Crippen LogP contribution >= 0.6 is 11.6 Å². The molecule has 0 bridgehead atoms. The predicted octanol–water partition coefficient (Wildman–Crippen LogP) is 4.65. The number of ether oxygens (including phenoxy) is 2. The highest BCUT2D eigenvalue weighted by atomic mass is 35.5. The number of halogens is 1. The van der Waals surface area contributed by atoms with Crippen molar-refractivity contribution in [3.63, 3.8) is 0 Å². The third-order valence-corrected chi connectivity index (χ3v) is 8.42. The first-order chi connectivity index (χ1) is 19.8. The highest BCUT2D eigenvalue weighted by molar-refractivity contribution is 6.31. The van der Waals surface area contributed by atoms with E-state index in [4.69, 9.17) is 21.1 Å². The number of amides is 3. The van der Waals surface area contributed by atoms with E-state index in [1.165, 1.54) is 11.1 Å². The van der Waals surface area contributed by atoms with E-state index in [-0.39, 0.29) is 55.0 Å². The van der Waals surface area contributed by atoms with Gasteiger partial charge in [0.05, 0.1) is 24.1 Å². The maximum absolute atomic E-state index is 13.5. The zero-order valence-corrected chi connectivity index (χ0v) is 23.5. The van der Waals surface area contributed by atoms with Crippen LogP contribution in [0.4, 0.5) is 5.69 Å². The molecular formula is C32H32ClN3O5. The van der Waals surface area contributed by atoms with Gasteiger partial charge in [0.1, 0.15) is 18.5 Å². The van der Waals surface area contributed by atoms with Gasteiger partial charge in [-0.05, 0) is 73.2 Å². The predicted molar refractivity (Wildman–Crippen MR) is 156 cm³/mol. The Labute approximate surface area is 244 Å². The average molecular weight is 574 g/mol. The van der Waals surface area contributed by atoms with Gasteiger partial charge in [0.15, 0.2) is 0 Å². The van der Waals surface area contributed by atoms with Crippen molar-refractivity contribution in [3.8, 4) is 5.75 Å². The molecule has 41 heavy (non-hydrogen) atoms. The smallest absolute Gasteiger partial charge is 0.257 e. The van der Waals surface area contributed by atoms with Crippen molar-refractivity contribution in [2.45, 2.75) is 56.4 Å². The number of fused-ring (bicyclic) bond motifs is 3. The number of hydrogen-bond donors (Lipinski definition) is 2. The highest BCUT2D eigenvalue weighted by Gasteiger charge is 2.39. The van der Waals surface area contributed by atoms with Gasteiger partial charge in [-0.25, -0.2) is 0 Å². The molecule has 3 amide bonds. The number of likely N-dealkylation sites (N-methyl/N-ethyl adjacent to an activating group) is 1. The van der Waals surface area contributed by atoms with E-state index in [1.807, 2.05) is 12.1 Å². The largest absolute Gasteiger partial charge is 0.490 e. The lowest BCUT2D eigenvalue weighted by Gasteiger charge is -2.42. The van der Waals surface area contributed by atoms with E-state index in [9.17, 15) is 14.4 Å². The Bertz CT molecular complexity index is 1470. The molecule has 3 aromatic rings. The van der Waals surface area contributed by atoms with Crippen molar-refractivity contribution in [2.75, 3.05) is 19.0 Å². The van der Waals surface area contributed by atoms with E-state index in [2.05, 4.69) is 22.8 Å². The summed E-state index contributed by atoms with van der Waals surface area (Å²) in [5.74, 6) is -0.132. The summed E-state index contributed by atoms with van der Waals surface area (Å²) >= 11 is 6.02. The van der Waals surface area contributed by atoms with Crippen LogP contribution in [0, 0.1) is 0 Å². The van der Waals surface area contributed by atoms with Crippen molar-refractivity contribution in [3.05, 3.63) is 94.0 Å². The fourth-order valence-electron chi connectivity index (χ4n) is 6.09. The first-order valence-corrected chi connectivity index (χ1v) is 14.3. The van der Waals surface area contributed by atoms with Crippen LogP contribution in [0.5, 0.6) is 5.75 Å². The number of carbonyl (C=O) groups excluding carboxylic acids is 3. The topological polar surface area (TPSA) is 97.0 Å². The van der Waals surface area contributed by atoms with Gasteiger partial charge in [-0.15, -0.1) is 0 Å². The lowest BCUT2D eigenvalue weighted by atomic mass is 9.94. The number of anilines is 1. The lowest BCUT2D eigenvalue weighted by Crippen LogP contribution is -2.54.